The summed E-state index contributed by atoms with van der Waals surface area (Å²) >= 11 is 1.43. The summed E-state index contributed by atoms with van der Waals surface area (Å²) in [5, 5.41) is 9.55. The Morgan fingerprint density at radius 1 is 1.17 bits per heavy atom. The maximum absolute atomic E-state index is 12.7. The molecule has 0 aliphatic rings. The van der Waals surface area contributed by atoms with Crippen molar-refractivity contribution in [2.45, 2.75) is 38.5 Å². The van der Waals surface area contributed by atoms with Gasteiger partial charge >= 0.3 is 0 Å². The fourth-order valence-electron chi connectivity index (χ4n) is 3.19. The molecule has 0 aliphatic heterocycles. The molecule has 0 fully saturated rings. The number of rotatable bonds is 9. The molecule has 158 valence electrons. The predicted molar refractivity (Wildman–Crippen MR) is 121 cm³/mol. The van der Waals surface area contributed by atoms with Crippen molar-refractivity contribution in [1.82, 2.24) is 19.7 Å². The quantitative estimate of drug-likeness (QED) is 0.476. The second-order valence-corrected chi connectivity index (χ2v) is 8.16. The second kappa shape index (κ2) is 10.3. The van der Waals surface area contributed by atoms with Crippen LogP contribution in [0.3, 0.4) is 0 Å². The van der Waals surface area contributed by atoms with Crippen LogP contribution >= 0.6 is 11.8 Å². The van der Waals surface area contributed by atoms with Gasteiger partial charge in [-0.05, 0) is 37.1 Å². The third-order valence-corrected chi connectivity index (χ3v) is 5.70. The first-order valence-corrected chi connectivity index (χ1v) is 11.0. The summed E-state index contributed by atoms with van der Waals surface area (Å²) in [5.41, 5.74) is 3.26. The summed E-state index contributed by atoms with van der Waals surface area (Å²) in [6.07, 6.45) is 0.966. The maximum Gasteiger partial charge on any atom is 0.233 e. The van der Waals surface area contributed by atoms with E-state index < -0.39 is 0 Å². The van der Waals surface area contributed by atoms with Gasteiger partial charge in [0.2, 0.25) is 5.91 Å². The molecule has 0 saturated heterocycles. The number of nitrogens with zero attached hydrogens (tertiary/aromatic N) is 4. The van der Waals surface area contributed by atoms with Crippen LogP contribution in [0.25, 0.3) is 11.4 Å². The van der Waals surface area contributed by atoms with Crippen LogP contribution in [0.5, 0.6) is 5.75 Å². The Kier molecular flexibility index (Phi) is 7.52. The molecule has 1 aromatic heterocycles. The molecule has 1 amide bonds. The molecule has 0 unspecified atom stereocenters. The molecule has 0 aliphatic carbocycles. The smallest absolute Gasteiger partial charge is 0.233 e. The van der Waals surface area contributed by atoms with E-state index in [0.717, 1.165) is 40.8 Å². The molecule has 3 aromatic rings. The van der Waals surface area contributed by atoms with Crippen LogP contribution in [0.4, 0.5) is 0 Å². The highest BCUT2D eigenvalue weighted by molar-refractivity contribution is 7.99. The van der Waals surface area contributed by atoms with Gasteiger partial charge in [-0.25, -0.2) is 0 Å². The van der Waals surface area contributed by atoms with Gasteiger partial charge in [0, 0.05) is 25.7 Å². The van der Waals surface area contributed by atoms with Gasteiger partial charge in [-0.15, -0.1) is 10.2 Å². The Balaban J connectivity index is 1.68. The SMILES string of the molecule is CCCn1c(SCC(=O)N(C)Cc2cccc(OC)c2)nnc1-c1cccc(C)c1. The first kappa shape index (κ1) is 21.9. The fourth-order valence-corrected chi connectivity index (χ4v) is 4.09. The third-order valence-electron chi connectivity index (χ3n) is 4.74. The van der Waals surface area contributed by atoms with Gasteiger partial charge in [0.25, 0.3) is 0 Å². The van der Waals surface area contributed by atoms with E-state index in [1.807, 2.05) is 43.4 Å². The number of ether oxygens (including phenoxy) is 1. The van der Waals surface area contributed by atoms with Crippen LogP contribution in [0.2, 0.25) is 0 Å². The molecule has 2 aromatic carbocycles. The number of amides is 1. The zero-order chi connectivity index (χ0) is 21.5. The largest absolute Gasteiger partial charge is 0.497 e. The molecule has 0 radical (unpaired) electrons. The van der Waals surface area contributed by atoms with Crippen molar-refractivity contribution in [3.63, 3.8) is 0 Å². The minimum Gasteiger partial charge on any atom is -0.497 e. The Bertz CT molecular complexity index is 1000. The van der Waals surface area contributed by atoms with E-state index in [2.05, 4.69) is 40.7 Å². The lowest BCUT2D eigenvalue weighted by atomic mass is 10.1. The lowest BCUT2D eigenvalue weighted by Crippen LogP contribution is -2.27. The van der Waals surface area contributed by atoms with Crippen LogP contribution < -0.4 is 4.74 Å². The number of thioether (sulfide) groups is 1. The van der Waals surface area contributed by atoms with Gasteiger partial charge in [-0.2, -0.15) is 0 Å². The topological polar surface area (TPSA) is 60.2 Å². The minimum atomic E-state index is 0.0472. The number of benzene rings is 2. The average Bonchev–Trinajstić information content (AvgIpc) is 3.15. The molecule has 0 N–H and O–H groups in total. The summed E-state index contributed by atoms with van der Waals surface area (Å²) in [7, 11) is 3.46. The monoisotopic (exact) mass is 424 g/mol. The van der Waals surface area contributed by atoms with Gasteiger partial charge < -0.3 is 14.2 Å². The highest BCUT2D eigenvalue weighted by atomic mass is 32.2. The normalized spacial score (nSPS) is 10.8. The Morgan fingerprint density at radius 2 is 1.97 bits per heavy atom. The van der Waals surface area contributed by atoms with Crippen molar-refractivity contribution >= 4 is 17.7 Å². The second-order valence-electron chi connectivity index (χ2n) is 7.22. The number of carbonyl (C=O) groups is 1. The van der Waals surface area contributed by atoms with E-state index in [-0.39, 0.29) is 5.91 Å². The average molecular weight is 425 g/mol. The van der Waals surface area contributed by atoms with Crippen LogP contribution in [0.15, 0.2) is 53.7 Å². The number of hydrogen-bond donors (Lipinski definition) is 0. The van der Waals surface area contributed by atoms with E-state index in [0.29, 0.717) is 12.3 Å². The van der Waals surface area contributed by atoms with Gasteiger partial charge in [0.05, 0.1) is 12.9 Å². The number of methoxy groups -OCH3 is 1. The number of hydrogen-bond acceptors (Lipinski definition) is 5. The van der Waals surface area contributed by atoms with Gasteiger partial charge in [-0.1, -0.05) is 54.6 Å². The van der Waals surface area contributed by atoms with Crippen LogP contribution in [0, 0.1) is 6.92 Å². The number of aromatic nitrogens is 3. The molecule has 0 bridgehead atoms. The Labute approximate surface area is 182 Å². The maximum atomic E-state index is 12.7. The first-order chi connectivity index (χ1) is 14.5. The summed E-state index contributed by atoms with van der Waals surface area (Å²) in [6.45, 7) is 5.54. The molecule has 0 saturated carbocycles. The fraction of sp³-hybridized carbons (Fsp3) is 0.348. The first-order valence-electron chi connectivity index (χ1n) is 10.0. The number of aryl methyl sites for hydroxylation is 1. The molecule has 0 spiro atoms. The highest BCUT2D eigenvalue weighted by Gasteiger charge is 2.17. The number of carbonyl (C=O) groups excluding carboxylic acids is 1. The standard InChI is InChI=1S/C23H28N4O2S/c1-5-12-27-22(19-10-6-8-17(2)13-19)24-25-23(27)30-16-21(28)26(3)15-18-9-7-11-20(14-18)29-4/h6-11,13-14H,5,12,15-16H2,1-4H3. The van der Waals surface area contributed by atoms with Crippen LogP contribution in [-0.4, -0.2) is 45.5 Å². The molecule has 6 nitrogen and oxygen atoms in total. The lowest BCUT2D eigenvalue weighted by molar-refractivity contribution is -0.127. The summed E-state index contributed by atoms with van der Waals surface area (Å²) in [6, 6.07) is 16.0. The molecular formula is C23H28N4O2S. The van der Waals surface area contributed by atoms with Crippen molar-refractivity contribution in [3.05, 3.63) is 59.7 Å². The van der Waals surface area contributed by atoms with E-state index in [1.165, 1.54) is 17.3 Å². The summed E-state index contributed by atoms with van der Waals surface area (Å²) in [5.74, 6) is 2.00. The van der Waals surface area contributed by atoms with Crippen molar-refractivity contribution in [2.75, 3.05) is 19.9 Å². The molecule has 30 heavy (non-hydrogen) atoms. The van der Waals surface area contributed by atoms with E-state index in [9.17, 15) is 4.79 Å². The van der Waals surface area contributed by atoms with Gasteiger partial charge in [-0.3, -0.25) is 4.79 Å². The Hall–Kier alpha value is -2.80. The highest BCUT2D eigenvalue weighted by Crippen LogP contribution is 2.25. The van der Waals surface area contributed by atoms with Crippen LogP contribution in [0.1, 0.15) is 24.5 Å². The lowest BCUT2D eigenvalue weighted by Gasteiger charge is -2.17. The van der Waals surface area contributed by atoms with Gasteiger partial charge in [0.1, 0.15) is 5.75 Å². The van der Waals surface area contributed by atoms with Crippen molar-refractivity contribution in [2.24, 2.45) is 0 Å². The molecule has 0 atom stereocenters. The Morgan fingerprint density at radius 3 is 2.70 bits per heavy atom. The predicted octanol–water partition coefficient (Wildman–Crippen LogP) is 4.42. The van der Waals surface area contributed by atoms with Crippen molar-refractivity contribution in [1.29, 1.82) is 0 Å². The molecule has 7 heteroatoms. The van der Waals surface area contributed by atoms with Crippen molar-refractivity contribution in [3.8, 4) is 17.1 Å². The molecular weight excluding hydrogens is 396 g/mol. The summed E-state index contributed by atoms with van der Waals surface area (Å²) < 4.78 is 7.36. The van der Waals surface area contributed by atoms with Crippen LogP contribution in [-0.2, 0) is 17.9 Å². The summed E-state index contributed by atoms with van der Waals surface area (Å²) in [4.78, 5) is 14.4. The zero-order valence-electron chi connectivity index (χ0n) is 18.0. The van der Waals surface area contributed by atoms with E-state index >= 15 is 0 Å². The van der Waals surface area contributed by atoms with E-state index in [4.69, 9.17) is 4.74 Å². The van der Waals surface area contributed by atoms with Crippen molar-refractivity contribution < 1.29 is 9.53 Å². The van der Waals surface area contributed by atoms with Gasteiger partial charge in [0.15, 0.2) is 11.0 Å². The molecule has 3 rings (SSSR count). The third kappa shape index (κ3) is 5.42. The zero-order valence-corrected chi connectivity index (χ0v) is 18.8. The molecule has 1 heterocycles. The minimum absolute atomic E-state index is 0.0472. The van der Waals surface area contributed by atoms with E-state index in [1.54, 1.807) is 12.0 Å².